The molecule has 2 aromatic heterocycles. The minimum Gasteiger partial charge on any atom is -0.392 e. The number of nitrogens with one attached hydrogen (secondary N) is 4. The molecule has 0 spiro atoms. The molecular weight excluding hydrogens is 470 g/mol. The van der Waals surface area contributed by atoms with Gasteiger partial charge in [-0.1, -0.05) is 49.7 Å². The van der Waals surface area contributed by atoms with Crippen LogP contribution in [-0.2, 0) is 5.41 Å². The van der Waals surface area contributed by atoms with Crippen molar-refractivity contribution in [1.29, 1.82) is 5.41 Å². The number of allylic oxidation sites excluding steroid dienone is 1. The average Bonchev–Trinajstić information content (AvgIpc) is 3.32. The van der Waals surface area contributed by atoms with E-state index in [1.54, 1.807) is 13.2 Å². The highest BCUT2D eigenvalue weighted by Gasteiger charge is 2.25. The first-order chi connectivity index (χ1) is 16.5. The van der Waals surface area contributed by atoms with Gasteiger partial charge < -0.3 is 25.9 Å². The molecule has 1 unspecified atom stereocenters. The molecule has 0 aliphatic carbocycles. The van der Waals surface area contributed by atoms with Crippen LogP contribution in [0.2, 0.25) is 5.02 Å². The van der Waals surface area contributed by atoms with Crippen LogP contribution >= 0.6 is 11.6 Å². The lowest BCUT2D eigenvalue weighted by Crippen LogP contribution is -2.28. The molecule has 0 radical (unpaired) electrons. The topological polar surface area (TPSA) is 155 Å². The summed E-state index contributed by atoms with van der Waals surface area (Å²) in [5, 5.41) is 20.4. The number of halogens is 1. The normalized spacial score (nSPS) is 12.7. The number of nitrogens with zero attached hydrogens (tertiary/aromatic N) is 5. The molecule has 0 aliphatic heterocycles. The van der Waals surface area contributed by atoms with E-state index in [0.29, 0.717) is 28.0 Å². The van der Waals surface area contributed by atoms with Crippen molar-refractivity contribution in [3.8, 4) is 11.4 Å². The van der Waals surface area contributed by atoms with Crippen molar-refractivity contribution in [3.05, 3.63) is 58.2 Å². The van der Waals surface area contributed by atoms with Crippen LogP contribution < -0.4 is 16.0 Å². The molecule has 0 bridgehead atoms. The van der Waals surface area contributed by atoms with Crippen molar-refractivity contribution < 1.29 is 9.32 Å². The predicted molar refractivity (Wildman–Crippen MR) is 133 cm³/mol. The Bertz CT molecular complexity index is 1260. The van der Waals surface area contributed by atoms with Gasteiger partial charge in [-0.15, -0.1) is 0 Å². The molecular formula is C23H28ClN9O2. The van der Waals surface area contributed by atoms with Gasteiger partial charge in [-0.25, -0.2) is 9.97 Å². The molecule has 2 heterocycles. The van der Waals surface area contributed by atoms with Crippen LogP contribution in [0.25, 0.3) is 11.4 Å². The van der Waals surface area contributed by atoms with Crippen molar-refractivity contribution in [2.45, 2.75) is 46.1 Å². The van der Waals surface area contributed by atoms with Crippen LogP contribution in [0.1, 0.15) is 61.4 Å². The second-order valence-electron chi connectivity index (χ2n) is 8.80. The maximum Gasteiger partial charge on any atom is 0.293 e. The smallest absolute Gasteiger partial charge is 0.293 e. The third-order valence-electron chi connectivity index (χ3n) is 5.03. The van der Waals surface area contributed by atoms with Gasteiger partial charge >= 0.3 is 0 Å². The standard InChI is InChI=1S/C23H28ClN9O2/c1-12-15(18-27-11-28-22(32-18)30-14(9-25)10-26-6)7-8-16(17(12)24)13(2)29-20(34)19-31-21(35-33-19)23(3,4)5/h7-11,13,25-26H,1-6H3,(H,29,34)(H,27,28,30,32)/b14-10+,25-9?. The molecule has 1 atom stereocenters. The van der Waals surface area contributed by atoms with Crippen LogP contribution in [0.4, 0.5) is 5.95 Å². The van der Waals surface area contributed by atoms with E-state index in [0.717, 1.165) is 17.3 Å². The van der Waals surface area contributed by atoms with Crippen molar-refractivity contribution in [2.75, 3.05) is 12.4 Å². The van der Waals surface area contributed by atoms with Crippen LogP contribution in [-0.4, -0.2) is 44.3 Å². The molecule has 11 nitrogen and oxygen atoms in total. The maximum atomic E-state index is 12.7. The summed E-state index contributed by atoms with van der Waals surface area (Å²) in [6.07, 6.45) is 4.14. The van der Waals surface area contributed by atoms with E-state index < -0.39 is 11.9 Å². The highest BCUT2D eigenvalue weighted by Crippen LogP contribution is 2.33. The van der Waals surface area contributed by atoms with Gasteiger partial charge in [0.15, 0.2) is 5.82 Å². The van der Waals surface area contributed by atoms with E-state index in [1.165, 1.54) is 6.33 Å². The van der Waals surface area contributed by atoms with E-state index in [9.17, 15) is 4.79 Å². The zero-order valence-electron chi connectivity index (χ0n) is 20.4. The van der Waals surface area contributed by atoms with Gasteiger partial charge in [-0.3, -0.25) is 4.79 Å². The molecule has 184 valence electrons. The lowest BCUT2D eigenvalue weighted by molar-refractivity contribution is 0.0926. The lowest BCUT2D eigenvalue weighted by atomic mass is 9.97. The minimum atomic E-state index is -0.459. The summed E-state index contributed by atoms with van der Waals surface area (Å²) >= 11 is 6.69. The van der Waals surface area contributed by atoms with Crippen molar-refractivity contribution in [3.63, 3.8) is 0 Å². The van der Waals surface area contributed by atoms with Gasteiger partial charge in [0.25, 0.3) is 11.7 Å². The highest BCUT2D eigenvalue weighted by atomic mass is 35.5. The Balaban J connectivity index is 1.82. The van der Waals surface area contributed by atoms with Crippen LogP contribution in [0.5, 0.6) is 0 Å². The number of hydrogen-bond acceptors (Lipinski definition) is 10. The summed E-state index contributed by atoms with van der Waals surface area (Å²) < 4.78 is 5.21. The zero-order valence-corrected chi connectivity index (χ0v) is 21.2. The molecule has 1 amide bonds. The number of aromatic nitrogens is 5. The molecule has 4 N–H and O–H groups in total. The molecule has 12 heteroatoms. The molecule has 3 aromatic rings. The van der Waals surface area contributed by atoms with Gasteiger partial charge in [-0.05, 0) is 25.0 Å². The molecule has 3 rings (SSSR count). The van der Waals surface area contributed by atoms with E-state index in [4.69, 9.17) is 21.5 Å². The monoisotopic (exact) mass is 497 g/mol. The molecule has 35 heavy (non-hydrogen) atoms. The van der Waals surface area contributed by atoms with E-state index in [2.05, 4.69) is 41.0 Å². The van der Waals surface area contributed by atoms with Gasteiger partial charge in [0.2, 0.25) is 11.8 Å². The number of rotatable bonds is 8. The van der Waals surface area contributed by atoms with E-state index in [-0.39, 0.29) is 17.2 Å². The van der Waals surface area contributed by atoms with Crippen LogP contribution in [0, 0.1) is 12.3 Å². The number of hydrogen-bond donors (Lipinski definition) is 4. The summed E-state index contributed by atoms with van der Waals surface area (Å²) in [6.45, 7) is 9.44. The number of anilines is 1. The van der Waals surface area contributed by atoms with E-state index in [1.807, 2.05) is 46.8 Å². The van der Waals surface area contributed by atoms with Gasteiger partial charge in [0, 0.05) is 35.5 Å². The first kappa shape index (κ1) is 25.8. The second-order valence-corrected chi connectivity index (χ2v) is 9.18. The Hall–Kier alpha value is -3.86. The predicted octanol–water partition coefficient (Wildman–Crippen LogP) is 3.79. The summed E-state index contributed by atoms with van der Waals surface area (Å²) in [5.41, 5.74) is 2.30. The molecule has 0 saturated carbocycles. The number of carbonyl (C=O) groups is 1. The summed E-state index contributed by atoms with van der Waals surface area (Å²) in [6, 6.07) is 3.23. The van der Waals surface area contributed by atoms with Crippen molar-refractivity contribution >= 4 is 29.7 Å². The third-order valence-corrected chi connectivity index (χ3v) is 5.53. The third kappa shape index (κ3) is 5.99. The maximum absolute atomic E-state index is 12.7. The lowest BCUT2D eigenvalue weighted by Gasteiger charge is -2.18. The van der Waals surface area contributed by atoms with Gasteiger partial charge in [0.05, 0.1) is 11.7 Å². The fourth-order valence-corrected chi connectivity index (χ4v) is 3.46. The van der Waals surface area contributed by atoms with Gasteiger partial charge in [0.1, 0.15) is 6.33 Å². The van der Waals surface area contributed by atoms with Crippen molar-refractivity contribution in [1.82, 2.24) is 35.7 Å². The Morgan fingerprint density at radius 3 is 2.60 bits per heavy atom. The number of benzene rings is 1. The fourth-order valence-electron chi connectivity index (χ4n) is 3.13. The SMILES string of the molecule is CN/C=C(\C=N)Nc1ncnc(-c2ccc(C(C)NC(=O)c3noc(C(C)(C)C)n3)c(Cl)c2C)n1. The number of amides is 1. The first-order valence-corrected chi connectivity index (χ1v) is 11.2. The van der Waals surface area contributed by atoms with Gasteiger partial charge in [-0.2, -0.15) is 9.97 Å². The summed E-state index contributed by atoms with van der Waals surface area (Å²) in [7, 11) is 1.73. The molecule has 0 fully saturated rings. The first-order valence-electron chi connectivity index (χ1n) is 10.8. The molecule has 1 aromatic carbocycles. The Labute approximate surface area is 208 Å². The van der Waals surface area contributed by atoms with Crippen LogP contribution in [0.15, 0.2) is 34.9 Å². The summed E-state index contributed by atoms with van der Waals surface area (Å²) in [4.78, 5) is 29.7. The highest BCUT2D eigenvalue weighted by molar-refractivity contribution is 6.32. The Morgan fingerprint density at radius 2 is 1.97 bits per heavy atom. The van der Waals surface area contributed by atoms with Crippen molar-refractivity contribution in [2.24, 2.45) is 0 Å². The Kier molecular flexibility index (Phi) is 7.80. The largest absolute Gasteiger partial charge is 0.392 e. The quantitative estimate of drug-likeness (QED) is 0.340. The zero-order chi connectivity index (χ0) is 25.8. The van der Waals surface area contributed by atoms with E-state index >= 15 is 0 Å². The molecule has 0 saturated heterocycles. The molecule has 0 aliphatic rings. The van der Waals surface area contributed by atoms with Crippen LogP contribution in [0.3, 0.4) is 0 Å². The summed E-state index contributed by atoms with van der Waals surface area (Å²) in [5.74, 6) is 0.594. The Morgan fingerprint density at radius 1 is 1.23 bits per heavy atom. The second kappa shape index (κ2) is 10.6. The minimum absolute atomic E-state index is 0.0342. The fraction of sp³-hybridized carbons (Fsp3) is 0.348. The number of carbonyl (C=O) groups excluding carboxylic acids is 1. The average molecular weight is 498 g/mol.